The minimum atomic E-state index is 0.0863. The second-order valence-corrected chi connectivity index (χ2v) is 8.28. The molecule has 2 aliphatic rings. The average Bonchev–Trinajstić information content (AvgIpc) is 3.36. The fourth-order valence-corrected chi connectivity index (χ4v) is 4.20. The monoisotopic (exact) mass is 396 g/mol. The van der Waals surface area contributed by atoms with E-state index in [1.807, 2.05) is 26.8 Å². The van der Waals surface area contributed by atoms with Crippen LogP contribution >= 0.6 is 0 Å². The number of carbonyl (C=O) groups excluding carboxylic acids is 2. The normalized spacial score (nSPS) is 19.0. The van der Waals surface area contributed by atoms with E-state index in [0.717, 1.165) is 42.3 Å². The molecule has 8 nitrogen and oxygen atoms in total. The number of likely N-dealkylation sites (tertiary alicyclic amines) is 1. The zero-order valence-electron chi connectivity index (χ0n) is 17.3. The van der Waals surface area contributed by atoms with Gasteiger partial charge in [0.05, 0.1) is 5.69 Å². The molecule has 0 aliphatic carbocycles. The van der Waals surface area contributed by atoms with Crippen LogP contribution in [-0.2, 0) is 29.1 Å². The van der Waals surface area contributed by atoms with Crippen molar-refractivity contribution < 1.29 is 9.59 Å². The summed E-state index contributed by atoms with van der Waals surface area (Å²) in [7, 11) is 0. The largest absolute Gasteiger partial charge is 0.340 e. The molecule has 1 saturated heterocycles. The molecule has 2 amide bonds. The van der Waals surface area contributed by atoms with E-state index in [4.69, 9.17) is 4.98 Å². The molecule has 2 aliphatic heterocycles. The van der Waals surface area contributed by atoms with Gasteiger partial charge in [-0.2, -0.15) is 0 Å². The molecule has 2 aromatic heterocycles. The summed E-state index contributed by atoms with van der Waals surface area (Å²) in [5.41, 5.74) is 2.07. The van der Waals surface area contributed by atoms with E-state index in [1.165, 1.54) is 0 Å². The number of hydrogen-bond donors (Lipinski definition) is 0. The molecule has 1 fully saturated rings. The summed E-state index contributed by atoms with van der Waals surface area (Å²) in [5, 5.41) is 0. The maximum atomic E-state index is 12.8. The van der Waals surface area contributed by atoms with Crippen molar-refractivity contribution in [3.63, 3.8) is 0 Å². The predicted octanol–water partition coefficient (Wildman–Crippen LogP) is 1.72. The van der Waals surface area contributed by atoms with E-state index in [0.29, 0.717) is 26.2 Å². The second-order valence-electron chi connectivity index (χ2n) is 8.28. The van der Waals surface area contributed by atoms with Gasteiger partial charge in [0.25, 0.3) is 0 Å². The predicted molar refractivity (Wildman–Crippen MR) is 107 cm³/mol. The molecular formula is C21H28N6O2. The molecule has 2 aromatic rings. The van der Waals surface area contributed by atoms with Gasteiger partial charge in [0, 0.05) is 75.5 Å². The smallest absolute Gasteiger partial charge is 0.242 e. The third kappa shape index (κ3) is 4.02. The minimum absolute atomic E-state index is 0.0863. The highest BCUT2D eigenvalue weighted by Crippen LogP contribution is 2.27. The van der Waals surface area contributed by atoms with Crippen LogP contribution in [0.25, 0.3) is 0 Å². The number of fused-ring (bicyclic) bond motifs is 1. The molecule has 8 heteroatoms. The molecule has 29 heavy (non-hydrogen) atoms. The third-order valence-corrected chi connectivity index (χ3v) is 5.87. The van der Waals surface area contributed by atoms with Gasteiger partial charge in [-0.3, -0.25) is 9.59 Å². The molecule has 0 radical (unpaired) electrons. The van der Waals surface area contributed by atoms with Crippen molar-refractivity contribution in [2.24, 2.45) is 0 Å². The number of nitrogens with zero attached hydrogens (tertiary/aromatic N) is 6. The van der Waals surface area contributed by atoms with Gasteiger partial charge in [-0.25, -0.2) is 15.0 Å². The quantitative estimate of drug-likeness (QED) is 0.786. The Bertz CT molecular complexity index is 922. The molecular weight excluding hydrogens is 368 g/mol. The lowest BCUT2D eigenvalue weighted by Gasteiger charge is -2.27. The van der Waals surface area contributed by atoms with Gasteiger partial charge in [0.15, 0.2) is 0 Å². The Hall–Kier alpha value is -2.77. The topological polar surface area (TPSA) is 84.2 Å². The Morgan fingerprint density at radius 2 is 2.03 bits per heavy atom. The third-order valence-electron chi connectivity index (χ3n) is 5.87. The zero-order valence-corrected chi connectivity index (χ0v) is 17.3. The van der Waals surface area contributed by atoms with Gasteiger partial charge in [-0.15, -0.1) is 0 Å². The van der Waals surface area contributed by atoms with Crippen molar-refractivity contribution in [2.75, 3.05) is 19.6 Å². The van der Waals surface area contributed by atoms with Crippen LogP contribution in [0.3, 0.4) is 0 Å². The lowest BCUT2D eigenvalue weighted by atomic mass is 10.0. The fourth-order valence-electron chi connectivity index (χ4n) is 4.20. The summed E-state index contributed by atoms with van der Waals surface area (Å²) in [5.74, 6) is 2.41. The minimum Gasteiger partial charge on any atom is -0.340 e. The van der Waals surface area contributed by atoms with E-state index in [9.17, 15) is 9.59 Å². The first-order valence-corrected chi connectivity index (χ1v) is 10.3. The zero-order chi connectivity index (χ0) is 20.5. The van der Waals surface area contributed by atoms with Crippen molar-refractivity contribution in [3.05, 3.63) is 41.5 Å². The van der Waals surface area contributed by atoms with E-state index in [1.54, 1.807) is 13.1 Å². The van der Waals surface area contributed by atoms with Crippen molar-refractivity contribution in [1.29, 1.82) is 0 Å². The Labute approximate surface area is 171 Å². The number of rotatable bonds is 4. The number of amides is 2. The van der Waals surface area contributed by atoms with Crippen LogP contribution in [-0.4, -0.2) is 60.8 Å². The first kappa shape index (κ1) is 19.5. The van der Waals surface area contributed by atoms with Crippen LogP contribution in [0.1, 0.15) is 61.9 Å². The summed E-state index contributed by atoms with van der Waals surface area (Å²) < 4.78 is 1.94. The lowest BCUT2D eigenvalue weighted by Crippen LogP contribution is -2.35. The molecule has 4 rings (SSSR count). The second kappa shape index (κ2) is 7.93. The lowest BCUT2D eigenvalue weighted by molar-refractivity contribution is -0.131. The van der Waals surface area contributed by atoms with Crippen molar-refractivity contribution in [2.45, 2.75) is 58.5 Å². The van der Waals surface area contributed by atoms with Crippen LogP contribution < -0.4 is 0 Å². The van der Waals surface area contributed by atoms with Crippen LogP contribution in [0.5, 0.6) is 0 Å². The molecule has 0 unspecified atom stereocenters. The number of hydrogen-bond acceptors (Lipinski definition) is 5. The molecule has 0 saturated carbocycles. The maximum absolute atomic E-state index is 12.8. The summed E-state index contributed by atoms with van der Waals surface area (Å²) >= 11 is 0. The Kier molecular flexibility index (Phi) is 5.34. The molecule has 0 bridgehead atoms. The highest BCUT2D eigenvalue weighted by atomic mass is 16.2. The number of imidazole rings is 1. The first-order chi connectivity index (χ1) is 13.9. The molecule has 0 aromatic carbocycles. The maximum Gasteiger partial charge on any atom is 0.242 e. The van der Waals surface area contributed by atoms with E-state index in [-0.39, 0.29) is 23.7 Å². The number of carbonyl (C=O) groups is 2. The highest BCUT2D eigenvalue weighted by Gasteiger charge is 2.30. The molecule has 154 valence electrons. The van der Waals surface area contributed by atoms with Crippen LogP contribution in [0.4, 0.5) is 0 Å². The summed E-state index contributed by atoms with van der Waals surface area (Å²) in [4.78, 5) is 41.9. The van der Waals surface area contributed by atoms with Gasteiger partial charge < -0.3 is 14.4 Å². The standard InChI is InChI=1S/C21H28N6O2/c1-14(2)21-22-6-9-27(21)13-19(29)26-7-4-16(11-26)20-23-10-17-12-25(15(3)28)8-5-18(17)24-20/h6,9-10,14,16H,4-5,7-8,11-13H2,1-3H3/t16-/m1/s1. The van der Waals surface area contributed by atoms with Gasteiger partial charge in [-0.05, 0) is 6.42 Å². The summed E-state index contributed by atoms with van der Waals surface area (Å²) in [6.45, 7) is 8.76. The van der Waals surface area contributed by atoms with Gasteiger partial charge >= 0.3 is 0 Å². The van der Waals surface area contributed by atoms with Crippen LogP contribution in [0.2, 0.25) is 0 Å². The summed E-state index contributed by atoms with van der Waals surface area (Å²) in [6.07, 6.45) is 7.13. The molecule has 1 atom stereocenters. The SMILES string of the molecule is CC(=O)N1CCc2nc([C@@H]3CCN(C(=O)Cn4ccnc4C(C)C)C3)ncc2C1. The van der Waals surface area contributed by atoms with Crippen molar-refractivity contribution >= 4 is 11.8 Å². The van der Waals surface area contributed by atoms with Crippen molar-refractivity contribution in [1.82, 2.24) is 29.3 Å². The van der Waals surface area contributed by atoms with Crippen LogP contribution in [0, 0.1) is 0 Å². The van der Waals surface area contributed by atoms with Gasteiger partial charge in [-0.1, -0.05) is 13.8 Å². The van der Waals surface area contributed by atoms with E-state index in [2.05, 4.69) is 23.8 Å². The Morgan fingerprint density at radius 3 is 2.79 bits per heavy atom. The average molecular weight is 396 g/mol. The highest BCUT2D eigenvalue weighted by molar-refractivity contribution is 5.76. The van der Waals surface area contributed by atoms with Crippen LogP contribution in [0.15, 0.2) is 18.6 Å². The number of aromatic nitrogens is 4. The fraction of sp³-hybridized carbons (Fsp3) is 0.571. The van der Waals surface area contributed by atoms with Gasteiger partial charge in [0.1, 0.15) is 18.2 Å². The Morgan fingerprint density at radius 1 is 1.21 bits per heavy atom. The molecule has 0 spiro atoms. The van der Waals surface area contributed by atoms with E-state index >= 15 is 0 Å². The Balaban J connectivity index is 1.40. The molecule has 4 heterocycles. The van der Waals surface area contributed by atoms with E-state index < -0.39 is 0 Å². The molecule has 0 N–H and O–H groups in total. The van der Waals surface area contributed by atoms with Crippen molar-refractivity contribution in [3.8, 4) is 0 Å². The summed E-state index contributed by atoms with van der Waals surface area (Å²) in [6, 6.07) is 0. The van der Waals surface area contributed by atoms with Gasteiger partial charge in [0.2, 0.25) is 11.8 Å². The first-order valence-electron chi connectivity index (χ1n) is 10.3.